The first-order valence-electron chi connectivity index (χ1n) is 7.44. The normalized spacial score (nSPS) is 17.4. The minimum Gasteiger partial charge on any atom is -0.353 e. The van der Waals surface area contributed by atoms with Gasteiger partial charge in [-0.25, -0.2) is 0 Å². The van der Waals surface area contributed by atoms with Gasteiger partial charge < -0.3 is 14.8 Å². The molecule has 5 heteroatoms. The van der Waals surface area contributed by atoms with Gasteiger partial charge in [-0.15, -0.1) is 0 Å². The summed E-state index contributed by atoms with van der Waals surface area (Å²) in [7, 11) is 0. The fourth-order valence-electron chi connectivity index (χ4n) is 2.29. The number of halogens is 1. The van der Waals surface area contributed by atoms with Crippen LogP contribution in [0.25, 0.3) is 0 Å². The van der Waals surface area contributed by atoms with Crippen molar-refractivity contribution in [3.8, 4) is 0 Å². The maximum Gasteiger partial charge on any atom is 0.225 e. The van der Waals surface area contributed by atoms with Crippen molar-refractivity contribution in [2.24, 2.45) is 0 Å². The Labute approximate surface area is 130 Å². The molecule has 1 aliphatic heterocycles. The molecule has 0 aromatic heterocycles. The number of ether oxygens (including phenoxy) is 2. The Morgan fingerprint density at radius 2 is 2.00 bits per heavy atom. The zero-order chi connectivity index (χ0) is 15.1. The summed E-state index contributed by atoms with van der Waals surface area (Å²) >= 11 is 5.88. The molecule has 2 rings (SSSR count). The van der Waals surface area contributed by atoms with Gasteiger partial charge in [-0.2, -0.15) is 0 Å². The van der Waals surface area contributed by atoms with E-state index in [0.29, 0.717) is 13.2 Å². The van der Waals surface area contributed by atoms with Gasteiger partial charge in [0, 0.05) is 11.1 Å². The van der Waals surface area contributed by atoms with Gasteiger partial charge >= 0.3 is 0 Å². The lowest BCUT2D eigenvalue weighted by Crippen LogP contribution is -2.39. The van der Waals surface area contributed by atoms with Crippen molar-refractivity contribution in [2.45, 2.75) is 44.9 Å². The summed E-state index contributed by atoms with van der Waals surface area (Å²) in [5.74, 6) is -0.0253. The number of rotatable bonds is 6. The van der Waals surface area contributed by atoms with Crippen molar-refractivity contribution < 1.29 is 14.3 Å². The lowest BCUT2D eigenvalue weighted by atomic mass is 10.0. The molecule has 0 spiro atoms. The molecule has 0 bridgehead atoms. The van der Waals surface area contributed by atoms with E-state index in [-0.39, 0.29) is 18.4 Å². The first kappa shape index (κ1) is 16.3. The summed E-state index contributed by atoms with van der Waals surface area (Å²) in [6.45, 7) is 3.40. The Bertz CT molecular complexity index is 443. The summed E-state index contributed by atoms with van der Waals surface area (Å²) in [5, 5.41) is 3.77. The van der Waals surface area contributed by atoms with E-state index in [1.54, 1.807) is 0 Å². The van der Waals surface area contributed by atoms with Crippen molar-refractivity contribution in [3.63, 3.8) is 0 Å². The summed E-state index contributed by atoms with van der Waals surface area (Å²) in [5.41, 5.74) is 1.16. The van der Waals surface area contributed by atoms with Gasteiger partial charge in [-0.05, 0) is 37.0 Å². The Balaban J connectivity index is 1.80. The molecule has 4 nitrogen and oxygen atoms in total. The van der Waals surface area contributed by atoms with Crippen LogP contribution in [0.4, 0.5) is 0 Å². The van der Waals surface area contributed by atoms with E-state index >= 15 is 0 Å². The Kier molecular flexibility index (Phi) is 6.49. The topological polar surface area (TPSA) is 47.6 Å². The predicted octanol–water partition coefficient (Wildman–Crippen LogP) is 2.93. The number of amides is 1. The first-order chi connectivity index (χ1) is 10.2. The average molecular weight is 312 g/mol. The fourth-order valence-corrected chi connectivity index (χ4v) is 2.42. The molecule has 1 aromatic carbocycles. The van der Waals surface area contributed by atoms with Crippen LogP contribution in [-0.2, 0) is 20.7 Å². The Morgan fingerprint density at radius 1 is 1.33 bits per heavy atom. The molecule has 1 aromatic rings. The summed E-state index contributed by atoms with van der Waals surface area (Å²) in [6, 6.07) is 7.83. The van der Waals surface area contributed by atoms with Crippen molar-refractivity contribution >= 4 is 17.5 Å². The SMILES string of the molecule is CC[C@@H](Cc1ccc(Cl)cc1)NC(=O)CC1OCCCO1. The number of hydrogen-bond donors (Lipinski definition) is 1. The molecular weight excluding hydrogens is 290 g/mol. The number of carbonyl (C=O) groups is 1. The second kappa shape index (κ2) is 8.37. The molecule has 1 atom stereocenters. The monoisotopic (exact) mass is 311 g/mol. The van der Waals surface area contributed by atoms with Crippen LogP contribution in [0.5, 0.6) is 0 Å². The minimum absolute atomic E-state index is 0.0253. The lowest BCUT2D eigenvalue weighted by Gasteiger charge is -2.24. The third-order valence-electron chi connectivity index (χ3n) is 3.50. The molecule has 1 fully saturated rings. The smallest absolute Gasteiger partial charge is 0.225 e. The molecule has 21 heavy (non-hydrogen) atoms. The maximum absolute atomic E-state index is 12.0. The van der Waals surface area contributed by atoms with Crippen molar-refractivity contribution in [3.05, 3.63) is 34.9 Å². The van der Waals surface area contributed by atoms with Crippen molar-refractivity contribution in [2.75, 3.05) is 13.2 Å². The second-order valence-electron chi connectivity index (χ2n) is 5.23. The molecule has 0 saturated carbocycles. The van der Waals surface area contributed by atoms with Crippen LogP contribution in [0.15, 0.2) is 24.3 Å². The van der Waals surface area contributed by atoms with Crippen molar-refractivity contribution in [1.82, 2.24) is 5.32 Å². The highest BCUT2D eigenvalue weighted by Crippen LogP contribution is 2.13. The number of nitrogens with one attached hydrogen (secondary N) is 1. The zero-order valence-corrected chi connectivity index (χ0v) is 13.1. The molecule has 0 aliphatic carbocycles. The highest BCUT2D eigenvalue weighted by atomic mass is 35.5. The molecule has 1 heterocycles. The molecule has 116 valence electrons. The molecular formula is C16H22ClNO3. The maximum atomic E-state index is 12.0. The molecule has 1 N–H and O–H groups in total. The predicted molar refractivity (Wildman–Crippen MR) is 82.3 cm³/mol. The highest BCUT2D eigenvalue weighted by Gasteiger charge is 2.20. The van der Waals surface area contributed by atoms with E-state index in [4.69, 9.17) is 21.1 Å². The number of hydrogen-bond acceptors (Lipinski definition) is 3. The summed E-state index contributed by atoms with van der Waals surface area (Å²) in [6.07, 6.45) is 2.43. The fraction of sp³-hybridized carbons (Fsp3) is 0.562. The average Bonchev–Trinajstić information content (AvgIpc) is 2.49. The van der Waals surface area contributed by atoms with Gasteiger partial charge in [0.15, 0.2) is 6.29 Å². The van der Waals surface area contributed by atoms with Crippen molar-refractivity contribution in [1.29, 1.82) is 0 Å². The van der Waals surface area contributed by atoms with Crippen LogP contribution in [-0.4, -0.2) is 31.5 Å². The van der Waals surface area contributed by atoms with E-state index in [1.165, 1.54) is 0 Å². The third-order valence-corrected chi connectivity index (χ3v) is 3.75. The van der Waals surface area contributed by atoms with E-state index in [2.05, 4.69) is 12.2 Å². The molecule has 1 amide bonds. The zero-order valence-electron chi connectivity index (χ0n) is 12.3. The van der Waals surface area contributed by atoms with Crippen LogP contribution in [0.3, 0.4) is 0 Å². The quantitative estimate of drug-likeness (QED) is 0.878. The Morgan fingerprint density at radius 3 is 2.62 bits per heavy atom. The van der Waals surface area contributed by atoms with Crippen LogP contribution >= 0.6 is 11.6 Å². The van der Waals surface area contributed by atoms with Crippen LogP contribution in [0.1, 0.15) is 31.7 Å². The van der Waals surface area contributed by atoms with Gasteiger partial charge in [-0.3, -0.25) is 4.79 Å². The van der Waals surface area contributed by atoms with Crippen LogP contribution in [0, 0.1) is 0 Å². The van der Waals surface area contributed by atoms with Crippen LogP contribution < -0.4 is 5.32 Å². The highest BCUT2D eigenvalue weighted by molar-refractivity contribution is 6.30. The third kappa shape index (κ3) is 5.65. The van der Waals surface area contributed by atoms with E-state index in [1.807, 2.05) is 24.3 Å². The van der Waals surface area contributed by atoms with Gasteiger partial charge in [0.1, 0.15) is 0 Å². The van der Waals surface area contributed by atoms with E-state index < -0.39 is 6.29 Å². The van der Waals surface area contributed by atoms with Crippen LogP contribution in [0.2, 0.25) is 5.02 Å². The summed E-state index contributed by atoms with van der Waals surface area (Å²) < 4.78 is 10.8. The summed E-state index contributed by atoms with van der Waals surface area (Å²) in [4.78, 5) is 12.0. The lowest BCUT2D eigenvalue weighted by molar-refractivity contribution is -0.184. The van der Waals surface area contributed by atoms with Gasteiger partial charge in [0.25, 0.3) is 0 Å². The van der Waals surface area contributed by atoms with E-state index in [9.17, 15) is 4.79 Å². The molecule has 0 unspecified atom stereocenters. The molecule has 1 aliphatic rings. The molecule has 1 saturated heterocycles. The second-order valence-corrected chi connectivity index (χ2v) is 5.67. The number of carbonyl (C=O) groups excluding carboxylic acids is 1. The van der Waals surface area contributed by atoms with Gasteiger partial charge in [0.2, 0.25) is 5.91 Å². The minimum atomic E-state index is -0.396. The van der Waals surface area contributed by atoms with Gasteiger partial charge in [-0.1, -0.05) is 30.7 Å². The van der Waals surface area contributed by atoms with E-state index in [0.717, 1.165) is 29.8 Å². The number of benzene rings is 1. The molecule has 0 radical (unpaired) electrons. The standard InChI is InChI=1S/C16H22ClNO3/c1-2-14(10-12-4-6-13(17)7-5-12)18-15(19)11-16-20-8-3-9-21-16/h4-7,14,16H,2-3,8-11H2,1H3,(H,18,19)/t14-/m0/s1. The first-order valence-corrected chi connectivity index (χ1v) is 7.82. The Hall–Kier alpha value is -1.10. The largest absolute Gasteiger partial charge is 0.353 e. The van der Waals surface area contributed by atoms with Gasteiger partial charge in [0.05, 0.1) is 19.6 Å².